The van der Waals surface area contributed by atoms with Crippen LogP contribution in [0.4, 0.5) is 0 Å². The van der Waals surface area contributed by atoms with Gasteiger partial charge in [0.25, 0.3) is 0 Å². The molecule has 1 amide bonds. The van der Waals surface area contributed by atoms with Crippen molar-refractivity contribution in [3.05, 3.63) is 0 Å². The molecule has 0 aliphatic rings. The van der Waals surface area contributed by atoms with Crippen LogP contribution in [0.2, 0.25) is 0 Å². The molecule has 0 aromatic heterocycles. The van der Waals surface area contributed by atoms with Crippen LogP contribution in [0.1, 0.15) is 162 Å². The van der Waals surface area contributed by atoms with Gasteiger partial charge in [0.05, 0.1) is 0 Å². The summed E-state index contributed by atoms with van der Waals surface area (Å²) in [5.41, 5.74) is -0.608. The number of carbonyl (C=O) groups is 2. The van der Waals surface area contributed by atoms with Crippen LogP contribution >= 0.6 is 22.5 Å². The molecule has 0 aromatic carbocycles. The Balaban J connectivity index is 4.09. The normalized spacial score (nSPS) is 13.2. The third-order valence-electron chi connectivity index (χ3n) is 7.27. The molecule has 4 nitrogen and oxygen atoms in total. The quantitative estimate of drug-likeness (QED) is 0.0421. The van der Waals surface area contributed by atoms with Crippen molar-refractivity contribution >= 4 is 34.4 Å². The summed E-state index contributed by atoms with van der Waals surface area (Å²) in [5.74, 6) is 0.522. The summed E-state index contributed by atoms with van der Waals surface area (Å²) in [6, 6.07) is -0.579. The van der Waals surface area contributed by atoms with Gasteiger partial charge in [0.2, 0.25) is 5.91 Å². The number of esters is 1. The molecule has 2 atom stereocenters. The lowest BCUT2D eigenvalue weighted by atomic mass is 10.1. The van der Waals surface area contributed by atoms with Crippen molar-refractivity contribution < 1.29 is 14.3 Å². The lowest BCUT2D eigenvalue weighted by molar-refractivity contribution is -0.150. The van der Waals surface area contributed by atoms with Crippen LogP contribution in [0.3, 0.4) is 0 Å². The van der Waals surface area contributed by atoms with Gasteiger partial charge in [-0.05, 0) is 43.9 Å². The number of ether oxygens (including phenoxy) is 1. The summed E-state index contributed by atoms with van der Waals surface area (Å²) < 4.78 is 5.55. The lowest BCUT2D eigenvalue weighted by Gasteiger charge is -2.21. The molecule has 38 heavy (non-hydrogen) atoms. The number of rotatable bonds is 28. The van der Waals surface area contributed by atoms with Crippen molar-refractivity contribution in [3.63, 3.8) is 0 Å². The fraction of sp³-hybridized carbons (Fsp3) is 0.938. The van der Waals surface area contributed by atoms with Crippen molar-refractivity contribution in [2.75, 3.05) is 18.3 Å². The largest absolute Gasteiger partial charge is 0.444 e. The smallest absolute Gasteiger partial charge is 0.330 e. The highest BCUT2D eigenvalue weighted by atomic mass is 35.5. The fourth-order valence-electron chi connectivity index (χ4n) is 4.74. The van der Waals surface area contributed by atoms with E-state index >= 15 is 0 Å². The highest BCUT2D eigenvalue weighted by Gasteiger charge is 2.24. The van der Waals surface area contributed by atoms with E-state index in [1.54, 1.807) is 0 Å². The van der Waals surface area contributed by atoms with Crippen LogP contribution in [0.5, 0.6) is 0 Å². The summed E-state index contributed by atoms with van der Waals surface area (Å²) in [6.45, 7) is 4.50. The molecule has 0 saturated heterocycles. The molecule has 6 heteroatoms. The Bertz CT molecular complexity index is 547. The minimum Gasteiger partial charge on any atom is -0.444 e. The van der Waals surface area contributed by atoms with Crippen LogP contribution in [0, 0.1) is 0 Å². The monoisotopic (exact) mass is 577 g/mol. The Morgan fingerprint density at radius 1 is 0.658 bits per heavy atom. The van der Waals surface area contributed by atoms with Crippen molar-refractivity contribution in [1.29, 1.82) is 0 Å². The van der Waals surface area contributed by atoms with Gasteiger partial charge < -0.3 is 10.1 Å². The zero-order chi connectivity index (χ0) is 28.3. The first kappa shape index (κ1) is 37.6. The van der Waals surface area contributed by atoms with E-state index in [1.807, 2.05) is 0 Å². The molecule has 0 radical (unpaired) electrons. The maximum atomic E-state index is 12.8. The average Bonchev–Trinajstić information content (AvgIpc) is 2.88. The summed E-state index contributed by atoms with van der Waals surface area (Å²) in [4.78, 5) is 25.4. The predicted molar refractivity (Wildman–Crippen MR) is 171 cm³/mol. The van der Waals surface area contributed by atoms with Gasteiger partial charge in [-0.15, -0.1) is 0 Å². The van der Waals surface area contributed by atoms with Crippen LogP contribution in [-0.4, -0.2) is 41.7 Å². The van der Waals surface area contributed by atoms with E-state index in [9.17, 15) is 9.59 Å². The van der Waals surface area contributed by atoms with Gasteiger partial charge in [-0.25, -0.2) is 4.79 Å². The zero-order valence-corrected chi connectivity index (χ0v) is 27.3. The minimum absolute atomic E-state index is 0.0375. The maximum Gasteiger partial charge on any atom is 0.330 e. The van der Waals surface area contributed by atoms with Gasteiger partial charge in [-0.3, -0.25) is 15.7 Å². The number of alkyl halides is 1. The molecule has 0 fully saturated rings. The van der Waals surface area contributed by atoms with Crippen LogP contribution in [-0.2, 0) is 14.3 Å². The third kappa shape index (κ3) is 25.8. The maximum absolute atomic E-state index is 12.8. The van der Waals surface area contributed by atoms with E-state index in [0.29, 0.717) is 19.3 Å². The lowest BCUT2D eigenvalue weighted by Crippen LogP contribution is -2.43. The number of unbranched alkanes of at least 4 members (excludes halogenated alkanes) is 18. The Hall–Kier alpha value is -0.420. The number of amides is 1. The molecule has 1 N–H and O–H groups in total. The molecule has 1 unspecified atom stereocenters. The first-order chi connectivity index (χ1) is 18.4. The molecule has 228 valence electrons. The highest BCUT2D eigenvalue weighted by Crippen LogP contribution is 2.19. The van der Waals surface area contributed by atoms with E-state index in [2.05, 4.69) is 31.7 Å². The molecule has 0 aromatic rings. The number of halogens is 1. The molecule has 0 bridgehead atoms. The Labute approximate surface area is 244 Å². The molecule has 0 aliphatic carbocycles. The van der Waals surface area contributed by atoms with Gasteiger partial charge >= 0.3 is 5.97 Å². The van der Waals surface area contributed by atoms with Gasteiger partial charge in [0, 0.05) is 6.42 Å². The molecule has 0 rings (SSSR count). The van der Waals surface area contributed by atoms with Crippen LogP contribution in [0.25, 0.3) is 0 Å². The van der Waals surface area contributed by atoms with E-state index in [0.717, 1.165) is 31.4 Å². The summed E-state index contributed by atoms with van der Waals surface area (Å²) in [7, 11) is -0.142. The van der Waals surface area contributed by atoms with E-state index in [-0.39, 0.29) is 22.8 Å². The van der Waals surface area contributed by atoms with Gasteiger partial charge in [0.1, 0.15) is 6.04 Å². The van der Waals surface area contributed by atoms with Crippen molar-refractivity contribution in [2.45, 2.75) is 173 Å². The molecule has 0 heterocycles. The Kier molecular flexibility index (Phi) is 27.8. The number of hydrogen-bond donors (Lipinski definition) is 2. The van der Waals surface area contributed by atoms with Crippen molar-refractivity contribution in [2.24, 2.45) is 0 Å². The number of hydrogen-bond acceptors (Lipinski definition) is 3. The first-order valence-corrected chi connectivity index (χ1v) is 19.0. The predicted octanol–water partition coefficient (Wildman–Crippen LogP) is 9.85. The number of carbonyl (C=O) groups excluding carboxylic acids is 2. The van der Waals surface area contributed by atoms with E-state index in [1.165, 1.54) is 103 Å². The second-order valence-electron chi connectivity index (χ2n) is 11.5. The zero-order valence-electron chi connectivity index (χ0n) is 25.7. The summed E-state index contributed by atoms with van der Waals surface area (Å²) in [5, 5.41) is 2.96. The van der Waals surface area contributed by atoms with Crippen molar-refractivity contribution in [1.82, 2.24) is 5.32 Å². The molecule has 0 aliphatic heterocycles. The topological polar surface area (TPSA) is 55.4 Å². The van der Waals surface area contributed by atoms with E-state index < -0.39 is 11.6 Å². The summed E-state index contributed by atoms with van der Waals surface area (Å²) >= 11 is 6.35. The van der Waals surface area contributed by atoms with E-state index in [4.69, 9.17) is 16.3 Å². The van der Waals surface area contributed by atoms with Gasteiger partial charge in [-0.1, -0.05) is 141 Å². The second-order valence-corrected chi connectivity index (χ2v) is 14.6. The number of thiol groups is 1. The van der Waals surface area contributed by atoms with Crippen molar-refractivity contribution in [3.8, 4) is 0 Å². The molecular formula is C32H64ClNO3S. The number of nitrogens with one attached hydrogen (secondary N) is 1. The van der Waals surface area contributed by atoms with Crippen LogP contribution in [0.15, 0.2) is 0 Å². The molecule has 0 spiro atoms. The summed E-state index contributed by atoms with van der Waals surface area (Å²) in [6.07, 6.45) is 31.3. The SMILES string of the molecule is CCCCCCCCCCCCCC(=O)N[C@H](CC[SH](C)C)C(=O)OC(Cl)CCCCCCCCCCC. The second kappa shape index (κ2) is 28.1. The van der Waals surface area contributed by atoms with Crippen LogP contribution < -0.4 is 5.32 Å². The average molecular weight is 578 g/mol. The third-order valence-corrected chi connectivity index (χ3v) is 8.73. The van der Waals surface area contributed by atoms with Gasteiger partial charge in [0.15, 0.2) is 5.56 Å². The first-order valence-electron chi connectivity index (χ1n) is 16.2. The van der Waals surface area contributed by atoms with Gasteiger partial charge in [-0.2, -0.15) is 0 Å². The fourth-order valence-corrected chi connectivity index (χ4v) is 5.75. The standard InChI is InChI=1S/C32H64ClNO3S/c1-5-7-9-11-13-15-16-18-20-22-24-26-31(35)34-29(27-28-38(3)4)32(36)37-30(33)25-23-21-19-17-14-12-10-8-6-2/h29-30,38H,5-28H2,1-4H3,(H,34,35)/t29-,30?/m1/s1. The molecule has 0 saturated carbocycles. The Morgan fingerprint density at radius 3 is 1.53 bits per heavy atom. The Morgan fingerprint density at radius 2 is 1.08 bits per heavy atom. The minimum atomic E-state index is -0.608. The molecular weight excluding hydrogens is 514 g/mol. The highest BCUT2D eigenvalue weighted by molar-refractivity contribution is 8.15.